The molecule has 4 aromatic rings. The molecule has 2 N–H and O–H groups in total. The minimum Gasteiger partial charge on any atom is -0.444 e. The molecule has 0 saturated heterocycles. The van der Waals surface area contributed by atoms with Crippen molar-refractivity contribution in [1.29, 1.82) is 0 Å². The Morgan fingerprint density at radius 1 is 1.00 bits per heavy atom. The molecule has 0 aliphatic carbocycles. The Morgan fingerprint density at radius 2 is 1.69 bits per heavy atom. The molecule has 0 aliphatic heterocycles. The van der Waals surface area contributed by atoms with Gasteiger partial charge in [0.05, 0.1) is 11.2 Å². The van der Waals surface area contributed by atoms with E-state index in [4.69, 9.17) is 9.72 Å². The van der Waals surface area contributed by atoms with Gasteiger partial charge in [-0.1, -0.05) is 48.5 Å². The third-order valence-electron chi connectivity index (χ3n) is 5.50. The number of nitrogens with zero attached hydrogens (tertiary/aromatic N) is 3. The Labute approximate surface area is 210 Å². The zero-order chi connectivity index (χ0) is 25.9. The number of anilines is 1. The highest BCUT2D eigenvalue weighted by Crippen LogP contribution is 2.22. The van der Waals surface area contributed by atoms with Crippen LogP contribution in [0.2, 0.25) is 0 Å². The summed E-state index contributed by atoms with van der Waals surface area (Å²) in [5.41, 5.74) is 2.83. The standard InChI is InChI=1S/C28H31N5O3/c1-18-15-24(29-22-14-10-9-13-21(18)22)33-25(16-19(2)32-33)31-26(34)23(17-20-11-7-6-8-12-20)30-27(35)36-28(3,4)5/h6-16,23H,17H2,1-5H3,(H,30,35)(H,31,34). The third-order valence-corrected chi connectivity index (χ3v) is 5.50. The van der Waals surface area contributed by atoms with Gasteiger partial charge in [-0.25, -0.2) is 9.78 Å². The zero-order valence-electron chi connectivity index (χ0n) is 21.2. The third kappa shape index (κ3) is 6.07. The number of carbonyl (C=O) groups excluding carboxylic acids is 2. The quantitative estimate of drug-likeness (QED) is 0.395. The molecule has 8 nitrogen and oxygen atoms in total. The summed E-state index contributed by atoms with van der Waals surface area (Å²) in [4.78, 5) is 30.7. The highest BCUT2D eigenvalue weighted by Gasteiger charge is 2.26. The number of pyridine rings is 1. The van der Waals surface area contributed by atoms with Crippen molar-refractivity contribution >= 4 is 28.7 Å². The fourth-order valence-corrected chi connectivity index (χ4v) is 3.93. The number of nitrogens with one attached hydrogen (secondary N) is 2. The topological polar surface area (TPSA) is 98.1 Å². The first-order valence-corrected chi connectivity index (χ1v) is 11.9. The van der Waals surface area contributed by atoms with Crippen molar-refractivity contribution < 1.29 is 14.3 Å². The number of alkyl carbamates (subject to hydrolysis) is 1. The van der Waals surface area contributed by atoms with Gasteiger partial charge in [0.2, 0.25) is 5.91 Å². The summed E-state index contributed by atoms with van der Waals surface area (Å²) in [7, 11) is 0. The van der Waals surface area contributed by atoms with Crippen LogP contribution in [0, 0.1) is 13.8 Å². The zero-order valence-corrected chi connectivity index (χ0v) is 21.2. The van der Waals surface area contributed by atoms with Gasteiger partial charge in [0.15, 0.2) is 5.82 Å². The van der Waals surface area contributed by atoms with Crippen LogP contribution in [0.1, 0.15) is 37.6 Å². The van der Waals surface area contributed by atoms with Gasteiger partial charge in [-0.05, 0) is 57.9 Å². The molecule has 0 radical (unpaired) electrons. The van der Waals surface area contributed by atoms with Gasteiger partial charge in [-0.2, -0.15) is 9.78 Å². The fourth-order valence-electron chi connectivity index (χ4n) is 3.93. The van der Waals surface area contributed by atoms with Crippen LogP contribution in [0.5, 0.6) is 0 Å². The van der Waals surface area contributed by atoms with Crippen LogP contribution >= 0.6 is 0 Å². The van der Waals surface area contributed by atoms with Crippen molar-refractivity contribution in [2.24, 2.45) is 0 Å². The average Bonchev–Trinajstić information content (AvgIpc) is 3.18. The molecule has 2 amide bonds. The molecule has 4 rings (SSSR count). The SMILES string of the molecule is Cc1cc(NC(=O)C(Cc2ccccc2)NC(=O)OC(C)(C)C)n(-c2cc(C)c3ccccc3n2)n1. The van der Waals surface area contributed by atoms with Crippen LogP contribution in [0.3, 0.4) is 0 Å². The van der Waals surface area contributed by atoms with Crippen LogP contribution in [-0.2, 0) is 16.0 Å². The van der Waals surface area contributed by atoms with E-state index in [1.807, 2.05) is 74.5 Å². The minimum atomic E-state index is -0.864. The van der Waals surface area contributed by atoms with E-state index in [0.29, 0.717) is 18.1 Å². The van der Waals surface area contributed by atoms with E-state index in [2.05, 4.69) is 15.7 Å². The van der Waals surface area contributed by atoms with Crippen LogP contribution in [0.25, 0.3) is 16.7 Å². The molecule has 1 atom stereocenters. The number of rotatable bonds is 6. The lowest BCUT2D eigenvalue weighted by atomic mass is 10.1. The van der Waals surface area contributed by atoms with E-state index in [1.54, 1.807) is 31.5 Å². The maximum atomic E-state index is 13.4. The molecular weight excluding hydrogens is 454 g/mol. The van der Waals surface area contributed by atoms with Crippen molar-refractivity contribution in [3.8, 4) is 5.82 Å². The van der Waals surface area contributed by atoms with Crippen molar-refractivity contribution in [2.45, 2.75) is 52.7 Å². The number of hydrogen-bond acceptors (Lipinski definition) is 5. The maximum absolute atomic E-state index is 13.4. The minimum absolute atomic E-state index is 0.298. The molecule has 0 spiro atoms. The first-order valence-electron chi connectivity index (χ1n) is 11.9. The number of aryl methyl sites for hydroxylation is 2. The van der Waals surface area contributed by atoms with Gasteiger partial charge in [-0.15, -0.1) is 0 Å². The van der Waals surface area contributed by atoms with E-state index in [0.717, 1.165) is 27.7 Å². The Morgan fingerprint density at radius 3 is 2.42 bits per heavy atom. The number of carbonyl (C=O) groups is 2. The lowest BCUT2D eigenvalue weighted by molar-refractivity contribution is -0.118. The molecule has 1 unspecified atom stereocenters. The average molecular weight is 486 g/mol. The smallest absolute Gasteiger partial charge is 0.408 e. The van der Waals surface area contributed by atoms with Gasteiger partial charge in [0.1, 0.15) is 17.5 Å². The summed E-state index contributed by atoms with van der Waals surface area (Å²) in [5.74, 6) is 0.668. The van der Waals surface area contributed by atoms with E-state index in [9.17, 15) is 9.59 Å². The van der Waals surface area contributed by atoms with Crippen LogP contribution in [0.4, 0.5) is 10.6 Å². The Bertz CT molecular complexity index is 1390. The maximum Gasteiger partial charge on any atom is 0.408 e. The second-order valence-electron chi connectivity index (χ2n) is 9.78. The molecule has 36 heavy (non-hydrogen) atoms. The van der Waals surface area contributed by atoms with E-state index in [-0.39, 0.29) is 5.91 Å². The number of ether oxygens (including phenoxy) is 1. The van der Waals surface area contributed by atoms with Gasteiger partial charge in [0.25, 0.3) is 0 Å². The lowest BCUT2D eigenvalue weighted by Crippen LogP contribution is -2.47. The molecule has 186 valence electrons. The molecular formula is C28H31N5O3. The monoisotopic (exact) mass is 485 g/mol. The predicted molar refractivity (Wildman–Crippen MR) is 140 cm³/mol. The Kier molecular flexibility index (Phi) is 7.05. The number of hydrogen-bond donors (Lipinski definition) is 2. The molecule has 0 saturated carbocycles. The number of para-hydroxylation sites is 1. The van der Waals surface area contributed by atoms with Crippen LogP contribution < -0.4 is 10.6 Å². The summed E-state index contributed by atoms with van der Waals surface area (Å²) in [5, 5.41) is 11.3. The summed E-state index contributed by atoms with van der Waals surface area (Å²) >= 11 is 0. The second-order valence-corrected chi connectivity index (χ2v) is 9.78. The van der Waals surface area contributed by atoms with Crippen LogP contribution in [-0.4, -0.2) is 38.4 Å². The summed E-state index contributed by atoms with van der Waals surface area (Å²) in [6.45, 7) is 9.19. The first kappa shape index (κ1) is 24.9. The van der Waals surface area contributed by atoms with E-state index >= 15 is 0 Å². The summed E-state index contributed by atoms with van der Waals surface area (Å²) in [6.07, 6.45) is -0.359. The predicted octanol–water partition coefficient (Wildman–Crippen LogP) is 5.11. The Balaban J connectivity index is 1.62. The molecule has 2 aromatic heterocycles. The molecule has 0 fully saturated rings. The van der Waals surface area contributed by atoms with Crippen molar-refractivity contribution in [3.05, 3.63) is 83.6 Å². The van der Waals surface area contributed by atoms with Gasteiger partial charge >= 0.3 is 6.09 Å². The molecule has 2 heterocycles. The van der Waals surface area contributed by atoms with E-state index < -0.39 is 17.7 Å². The molecule has 0 bridgehead atoms. The number of benzene rings is 2. The summed E-state index contributed by atoms with van der Waals surface area (Å²) < 4.78 is 7.01. The first-order chi connectivity index (χ1) is 17.1. The second kappa shape index (κ2) is 10.2. The fraction of sp³-hybridized carbons (Fsp3) is 0.286. The number of amides is 2. The number of aromatic nitrogens is 3. The number of fused-ring (bicyclic) bond motifs is 1. The van der Waals surface area contributed by atoms with Crippen molar-refractivity contribution in [3.63, 3.8) is 0 Å². The normalized spacial score (nSPS) is 12.2. The van der Waals surface area contributed by atoms with E-state index in [1.165, 1.54) is 0 Å². The Hall–Kier alpha value is -4.20. The highest BCUT2D eigenvalue weighted by molar-refractivity contribution is 5.96. The van der Waals surface area contributed by atoms with Gasteiger partial charge in [-0.3, -0.25) is 4.79 Å². The summed E-state index contributed by atoms with van der Waals surface area (Å²) in [6, 6.07) is 20.2. The highest BCUT2D eigenvalue weighted by atomic mass is 16.6. The molecule has 0 aliphatic rings. The molecule has 2 aromatic carbocycles. The lowest BCUT2D eigenvalue weighted by Gasteiger charge is -2.23. The van der Waals surface area contributed by atoms with Gasteiger partial charge in [0, 0.05) is 17.9 Å². The van der Waals surface area contributed by atoms with Crippen molar-refractivity contribution in [2.75, 3.05) is 5.32 Å². The van der Waals surface area contributed by atoms with Gasteiger partial charge < -0.3 is 15.4 Å². The molecule has 8 heteroatoms. The van der Waals surface area contributed by atoms with Crippen LogP contribution in [0.15, 0.2) is 66.7 Å². The van der Waals surface area contributed by atoms with Crippen molar-refractivity contribution in [1.82, 2.24) is 20.1 Å². The largest absolute Gasteiger partial charge is 0.444 e.